The molecule has 0 unspecified atom stereocenters. The van der Waals surface area contributed by atoms with E-state index in [2.05, 4.69) is 9.94 Å². The standard InChI is InChI=1S/C5H7N3O2/c1-4-2-3-7-8(4)10-5(6)9/h2-3H,1H3,(H2,6,9). The third kappa shape index (κ3) is 1.25. The van der Waals surface area contributed by atoms with Crippen molar-refractivity contribution in [1.82, 2.24) is 9.94 Å². The van der Waals surface area contributed by atoms with E-state index < -0.39 is 6.09 Å². The molecule has 5 nitrogen and oxygen atoms in total. The van der Waals surface area contributed by atoms with Crippen LogP contribution >= 0.6 is 0 Å². The zero-order valence-electron chi connectivity index (χ0n) is 5.44. The fourth-order valence-electron chi connectivity index (χ4n) is 0.537. The fraction of sp³-hybridized carbons (Fsp3) is 0.200. The Kier molecular flexibility index (Phi) is 1.57. The molecule has 0 saturated carbocycles. The Bertz CT molecular complexity index is 243. The number of carbonyl (C=O) groups excluding carboxylic acids is 1. The number of hydrogen-bond acceptors (Lipinski definition) is 3. The molecule has 0 bridgehead atoms. The van der Waals surface area contributed by atoms with Crippen molar-refractivity contribution in [3.05, 3.63) is 18.0 Å². The van der Waals surface area contributed by atoms with E-state index in [0.717, 1.165) is 10.5 Å². The van der Waals surface area contributed by atoms with Gasteiger partial charge in [-0.05, 0) is 13.0 Å². The van der Waals surface area contributed by atoms with Crippen LogP contribution in [0.15, 0.2) is 12.3 Å². The van der Waals surface area contributed by atoms with E-state index in [9.17, 15) is 4.79 Å². The minimum Gasteiger partial charge on any atom is -0.333 e. The fourth-order valence-corrected chi connectivity index (χ4v) is 0.537. The summed E-state index contributed by atoms with van der Waals surface area (Å²) in [5.41, 5.74) is 5.45. The predicted molar refractivity (Wildman–Crippen MR) is 33.1 cm³/mol. The molecule has 1 amide bonds. The molecule has 0 saturated heterocycles. The Hall–Kier alpha value is -1.52. The molecule has 0 aromatic carbocycles. The largest absolute Gasteiger partial charge is 0.430 e. The summed E-state index contributed by atoms with van der Waals surface area (Å²) in [6.07, 6.45) is 0.643. The molecule has 0 aliphatic carbocycles. The first-order chi connectivity index (χ1) is 4.70. The lowest BCUT2D eigenvalue weighted by Gasteiger charge is -1.98. The van der Waals surface area contributed by atoms with Gasteiger partial charge in [-0.25, -0.2) is 4.79 Å². The van der Waals surface area contributed by atoms with Crippen LogP contribution in [0.3, 0.4) is 0 Å². The minimum absolute atomic E-state index is 0.721. The van der Waals surface area contributed by atoms with Gasteiger partial charge < -0.3 is 5.73 Å². The lowest BCUT2D eigenvalue weighted by atomic mass is 10.5. The zero-order chi connectivity index (χ0) is 7.56. The predicted octanol–water partition coefficient (Wildman–Crippen LogP) is -0.301. The van der Waals surface area contributed by atoms with Gasteiger partial charge in [-0.15, -0.1) is 5.10 Å². The number of nitrogens with two attached hydrogens (primary N) is 1. The second-order valence-corrected chi connectivity index (χ2v) is 1.76. The molecular weight excluding hydrogens is 134 g/mol. The molecule has 0 spiro atoms. The maximum Gasteiger partial charge on any atom is 0.430 e. The van der Waals surface area contributed by atoms with Crippen molar-refractivity contribution >= 4 is 6.09 Å². The molecule has 5 heteroatoms. The molecule has 0 atom stereocenters. The van der Waals surface area contributed by atoms with Crippen LogP contribution in [0.5, 0.6) is 0 Å². The number of carbonyl (C=O) groups is 1. The second kappa shape index (κ2) is 2.38. The highest BCUT2D eigenvalue weighted by Crippen LogP contribution is 1.91. The van der Waals surface area contributed by atoms with E-state index in [4.69, 9.17) is 5.73 Å². The third-order valence-electron chi connectivity index (χ3n) is 0.965. The molecule has 1 rings (SSSR count). The maximum absolute atomic E-state index is 10.2. The van der Waals surface area contributed by atoms with Crippen molar-refractivity contribution in [2.75, 3.05) is 0 Å². The average molecular weight is 141 g/mol. The first-order valence-corrected chi connectivity index (χ1v) is 2.68. The molecule has 54 valence electrons. The monoisotopic (exact) mass is 141 g/mol. The number of primary amides is 1. The normalized spacial score (nSPS) is 9.30. The number of rotatable bonds is 1. The molecule has 1 heterocycles. The summed E-state index contributed by atoms with van der Waals surface area (Å²) >= 11 is 0. The topological polar surface area (TPSA) is 70.1 Å². The number of aryl methyl sites for hydroxylation is 1. The molecule has 10 heavy (non-hydrogen) atoms. The van der Waals surface area contributed by atoms with Crippen LogP contribution in [0.25, 0.3) is 0 Å². The first-order valence-electron chi connectivity index (χ1n) is 2.68. The summed E-state index contributed by atoms with van der Waals surface area (Å²) in [6.45, 7) is 1.75. The van der Waals surface area contributed by atoms with Crippen molar-refractivity contribution in [3.8, 4) is 0 Å². The van der Waals surface area contributed by atoms with Crippen LogP contribution in [0, 0.1) is 6.92 Å². The van der Waals surface area contributed by atoms with Gasteiger partial charge >= 0.3 is 6.09 Å². The van der Waals surface area contributed by atoms with Crippen molar-refractivity contribution in [1.29, 1.82) is 0 Å². The van der Waals surface area contributed by atoms with Gasteiger partial charge in [-0.1, -0.05) is 4.85 Å². The van der Waals surface area contributed by atoms with Gasteiger partial charge in [0.05, 0.1) is 11.9 Å². The Morgan fingerprint density at radius 1 is 1.90 bits per heavy atom. The second-order valence-electron chi connectivity index (χ2n) is 1.76. The van der Waals surface area contributed by atoms with Gasteiger partial charge in [0.2, 0.25) is 0 Å². The molecule has 0 fully saturated rings. The number of nitrogens with zero attached hydrogens (tertiary/aromatic N) is 2. The number of aromatic nitrogens is 2. The zero-order valence-corrected chi connectivity index (χ0v) is 5.44. The first kappa shape index (κ1) is 6.60. The Balaban J connectivity index is 2.74. The molecule has 2 N–H and O–H groups in total. The van der Waals surface area contributed by atoms with E-state index in [0.29, 0.717) is 0 Å². The molecular formula is C5H7N3O2. The van der Waals surface area contributed by atoms with Crippen molar-refractivity contribution in [2.45, 2.75) is 6.92 Å². The van der Waals surface area contributed by atoms with Crippen LogP contribution < -0.4 is 10.6 Å². The van der Waals surface area contributed by atoms with Crippen LogP contribution in [-0.4, -0.2) is 16.0 Å². The lowest BCUT2D eigenvalue weighted by molar-refractivity contribution is 0.122. The Morgan fingerprint density at radius 2 is 2.60 bits per heavy atom. The van der Waals surface area contributed by atoms with Crippen LogP contribution in [0.1, 0.15) is 5.69 Å². The highest BCUT2D eigenvalue weighted by Gasteiger charge is 1.99. The molecule has 0 radical (unpaired) electrons. The van der Waals surface area contributed by atoms with Crippen LogP contribution in [-0.2, 0) is 0 Å². The third-order valence-corrected chi connectivity index (χ3v) is 0.965. The summed E-state index contributed by atoms with van der Waals surface area (Å²) in [5.74, 6) is 0. The lowest BCUT2D eigenvalue weighted by Crippen LogP contribution is -2.26. The highest BCUT2D eigenvalue weighted by atomic mass is 16.7. The SMILES string of the molecule is Cc1ccnn1OC(N)=O. The van der Waals surface area contributed by atoms with Gasteiger partial charge in [-0.2, -0.15) is 0 Å². The van der Waals surface area contributed by atoms with Gasteiger partial charge in [0.25, 0.3) is 0 Å². The van der Waals surface area contributed by atoms with Gasteiger partial charge in [0, 0.05) is 0 Å². The highest BCUT2D eigenvalue weighted by molar-refractivity contribution is 5.64. The number of hydrogen-bond donors (Lipinski definition) is 1. The van der Waals surface area contributed by atoms with Crippen LogP contribution in [0.4, 0.5) is 4.79 Å². The van der Waals surface area contributed by atoms with E-state index in [1.54, 1.807) is 13.0 Å². The summed E-state index contributed by atoms with van der Waals surface area (Å²) < 4.78 is 0. The summed E-state index contributed by atoms with van der Waals surface area (Å²) in [4.78, 5) is 15.6. The van der Waals surface area contributed by atoms with E-state index in [-0.39, 0.29) is 0 Å². The summed E-state index contributed by atoms with van der Waals surface area (Å²) in [6, 6.07) is 1.70. The maximum atomic E-state index is 10.2. The van der Waals surface area contributed by atoms with E-state index in [1.807, 2.05) is 0 Å². The van der Waals surface area contributed by atoms with Crippen molar-refractivity contribution in [2.24, 2.45) is 5.73 Å². The van der Waals surface area contributed by atoms with Crippen LogP contribution in [0.2, 0.25) is 0 Å². The summed E-state index contributed by atoms with van der Waals surface area (Å²) in [5, 5.41) is 3.65. The van der Waals surface area contributed by atoms with Crippen molar-refractivity contribution < 1.29 is 9.63 Å². The molecule has 1 aromatic heterocycles. The smallest absolute Gasteiger partial charge is 0.333 e. The minimum atomic E-state index is -0.869. The molecule has 0 aliphatic heterocycles. The Labute approximate surface area is 57.3 Å². The quantitative estimate of drug-likeness (QED) is 0.583. The van der Waals surface area contributed by atoms with Gasteiger partial charge in [-0.3, -0.25) is 4.84 Å². The van der Waals surface area contributed by atoms with Gasteiger partial charge in [0.1, 0.15) is 0 Å². The molecule has 1 aromatic rings. The Morgan fingerprint density at radius 3 is 3.00 bits per heavy atom. The van der Waals surface area contributed by atoms with E-state index >= 15 is 0 Å². The molecule has 0 aliphatic rings. The average Bonchev–Trinajstić information content (AvgIpc) is 2.15. The summed E-state index contributed by atoms with van der Waals surface area (Å²) in [7, 11) is 0. The van der Waals surface area contributed by atoms with Crippen molar-refractivity contribution in [3.63, 3.8) is 0 Å². The van der Waals surface area contributed by atoms with Gasteiger partial charge in [0.15, 0.2) is 0 Å². The van der Waals surface area contributed by atoms with E-state index in [1.165, 1.54) is 6.20 Å². The number of amides is 1.